The third kappa shape index (κ3) is 4.83. The van der Waals surface area contributed by atoms with Gasteiger partial charge in [0.15, 0.2) is 6.29 Å². The summed E-state index contributed by atoms with van der Waals surface area (Å²) in [6, 6.07) is -1.36. The van der Waals surface area contributed by atoms with Crippen LogP contribution in [-0.4, -0.2) is 63.1 Å². The molecule has 0 amide bonds. The van der Waals surface area contributed by atoms with Crippen LogP contribution in [0.5, 0.6) is 0 Å². The first-order chi connectivity index (χ1) is 8.23. The van der Waals surface area contributed by atoms with Crippen LogP contribution in [0.2, 0.25) is 0 Å². The number of nitrogens with one attached hydrogen (secondary N) is 1. The molecule has 0 aromatic carbocycles. The van der Waals surface area contributed by atoms with Gasteiger partial charge in [-0.15, -0.1) is 0 Å². The molecule has 1 aliphatic heterocycles. The molecule has 0 aliphatic carbocycles. The van der Waals surface area contributed by atoms with Gasteiger partial charge in [0.05, 0.1) is 12.7 Å². The van der Waals surface area contributed by atoms with E-state index in [2.05, 4.69) is 4.18 Å². The highest BCUT2D eigenvalue weighted by atomic mass is 32.3. The van der Waals surface area contributed by atoms with Crippen LogP contribution in [0.15, 0.2) is 0 Å². The maximum atomic E-state index is 10.6. The quantitative estimate of drug-likeness (QED) is 0.270. The number of hydrogen-bond acceptors (Lipinski definition) is 7. The predicted molar refractivity (Wildman–Crippen MR) is 56.7 cm³/mol. The van der Waals surface area contributed by atoms with Crippen molar-refractivity contribution in [2.75, 3.05) is 6.61 Å². The molecule has 1 aliphatic rings. The van der Waals surface area contributed by atoms with Gasteiger partial charge in [-0.2, -0.15) is 8.42 Å². The Bertz CT molecular complexity index is 398. The number of ether oxygens (including phenoxy) is 1. The Morgan fingerprint density at radius 1 is 1.50 bits per heavy atom. The summed E-state index contributed by atoms with van der Waals surface area (Å²) in [6.45, 7) is -0.517. The van der Waals surface area contributed by atoms with E-state index in [1.807, 2.05) is 4.72 Å². The van der Waals surface area contributed by atoms with Gasteiger partial charge >= 0.3 is 10.4 Å². The molecule has 1 fully saturated rings. The largest absolute Gasteiger partial charge is 0.397 e. The zero-order valence-electron chi connectivity index (χ0n) is 8.87. The molecule has 0 aromatic rings. The number of aliphatic hydroxyl groups is 2. The predicted octanol–water partition coefficient (Wildman–Crippen LogP) is -2.63. The second-order valence-corrected chi connectivity index (χ2v) is 5.30. The molecule has 5 atom stereocenters. The van der Waals surface area contributed by atoms with E-state index in [1.54, 1.807) is 0 Å². The third-order valence-electron chi connectivity index (χ3n) is 2.22. The van der Waals surface area contributed by atoms with Crippen LogP contribution in [0.25, 0.3) is 0 Å². The van der Waals surface area contributed by atoms with Gasteiger partial charge in [-0.3, -0.25) is 9.11 Å². The molecular weight excluding hydrogens is 294 g/mol. The molecule has 0 radical (unpaired) electrons. The molecule has 4 unspecified atom stereocenters. The Morgan fingerprint density at radius 3 is 2.56 bits per heavy atom. The van der Waals surface area contributed by atoms with Crippen LogP contribution < -0.4 is 4.72 Å². The Kier molecular flexibility index (Phi) is 5.57. The van der Waals surface area contributed by atoms with E-state index < -0.39 is 52.8 Å². The standard InChI is InChI=1S/C6H13NO9S2/c8-2-3-1-4(16-18(12,13)14)5(6(9)15-3)7-17(10)11/h3-9H,1-2H2,(H,10,11)(H,12,13,14)/t3?,4-,5?,6?/m1/s1. The smallest absolute Gasteiger partial charge is 0.394 e. The number of aliphatic hydroxyl groups excluding tert-OH is 2. The minimum absolute atomic E-state index is 0.206. The van der Waals surface area contributed by atoms with E-state index in [9.17, 15) is 17.7 Å². The van der Waals surface area contributed by atoms with Crippen LogP contribution in [0.1, 0.15) is 6.42 Å². The zero-order valence-corrected chi connectivity index (χ0v) is 10.5. The van der Waals surface area contributed by atoms with Crippen molar-refractivity contribution in [3.05, 3.63) is 0 Å². The van der Waals surface area contributed by atoms with Crippen molar-refractivity contribution in [2.45, 2.75) is 31.0 Å². The molecule has 0 bridgehead atoms. The average molecular weight is 307 g/mol. The van der Waals surface area contributed by atoms with E-state index in [0.717, 1.165) is 0 Å². The SMILES string of the molecule is O=S(O)NC1C(O)OC(CO)C[C@H]1OS(=O)(=O)O. The van der Waals surface area contributed by atoms with E-state index in [1.165, 1.54) is 0 Å². The molecule has 1 heterocycles. The van der Waals surface area contributed by atoms with Gasteiger partial charge in [-0.25, -0.2) is 13.1 Å². The molecule has 0 saturated carbocycles. The summed E-state index contributed by atoms with van der Waals surface area (Å²) >= 11 is -2.56. The Morgan fingerprint density at radius 2 is 2.11 bits per heavy atom. The number of rotatable bonds is 5. The normalized spacial score (nSPS) is 35.3. The van der Waals surface area contributed by atoms with Crippen molar-refractivity contribution < 1.29 is 40.9 Å². The first-order valence-electron chi connectivity index (χ1n) is 4.70. The summed E-state index contributed by atoms with van der Waals surface area (Å²) in [7, 11) is -4.82. The zero-order chi connectivity index (χ0) is 13.9. The molecule has 5 N–H and O–H groups in total. The lowest BCUT2D eigenvalue weighted by Crippen LogP contribution is -2.57. The topological polar surface area (TPSA) is 163 Å². The van der Waals surface area contributed by atoms with E-state index in [4.69, 9.17) is 18.9 Å². The maximum absolute atomic E-state index is 10.6. The van der Waals surface area contributed by atoms with Crippen molar-refractivity contribution in [3.63, 3.8) is 0 Å². The first kappa shape index (κ1) is 15.9. The lowest BCUT2D eigenvalue weighted by Gasteiger charge is -2.37. The molecule has 10 nitrogen and oxygen atoms in total. The molecule has 0 aromatic heterocycles. The van der Waals surface area contributed by atoms with Gasteiger partial charge in [0.2, 0.25) is 11.3 Å². The van der Waals surface area contributed by atoms with E-state index in [-0.39, 0.29) is 6.42 Å². The number of hydrogen-bond donors (Lipinski definition) is 5. The highest BCUT2D eigenvalue weighted by Crippen LogP contribution is 2.22. The monoisotopic (exact) mass is 307 g/mol. The van der Waals surface area contributed by atoms with Gasteiger partial charge in [-0.1, -0.05) is 0 Å². The first-order valence-corrected chi connectivity index (χ1v) is 7.17. The lowest BCUT2D eigenvalue weighted by molar-refractivity contribution is -0.207. The van der Waals surface area contributed by atoms with Gasteiger partial charge in [-0.05, 0) is 0 Å². The van der Waals surface area contributed by atoms with Gasteiger partial charge < -0.3 is 14.9 Å². The van der Waals surface area contributed by atoms with Crippen LogP contribution in [0.3, 0.4) is 0 Å². The van der Waals surface area contributed by atoms with E-state index >= 15 is 0 Å². The van der Waals surface area contributed by atoms with Gasteiger partial charge in [0.25, 0.3) is 0 Å². The minimum atomic E-state index is -4.82. The van der Waals surface area contributed by atoms with Crippen LogP contribution >= 0.6 is 0 Å². The molecule has 18 heavy (non-hydrogen) atoms. The second kappa shape index (κ2) is 6.31. The molecular formula is C6H13NO9S2. The summed E-state index contributed by atoms with van der Waals surface area (Å²) in [5.41, 5.74) is 0. The van der Waals surface area contributed by atoms with E-state index in [0.29, 0.717) is 0 Å². The Labute approximate surface area is 105 Å². The molecule has 1 rings (SSSR count). The highest BCUT2D eigenvalue weighted by molar-refractivity contribution is 7.80. The summed E-state index contributed by atoms with van der Waals surface area (Å²) < 4.78 is 60.0. The van der Waals surface area contributed by atoms with Crippen molar-refractivity contribution in [2.24, 2.45) is 0 Å². The van der Waals surface area contributed by atoms with Crippen LogP contribution in [0.4, 0.5) is 0 Å². The van der Waals surface area contributed by atoms with Crippen LogP contribution in [-0.2, 0) is 30.6 Å². The molecule has 12 heteroatoms. The minimum Gasteiger partial charge on any atom is -0.394 e. The van der Waals surface area contributed by atoms with Gasteiger partial charge in [0.1, 0.15) is 12.1 Å². The maximum Gasteiger partial charge on any atom is 0.397 e. The average Bonchev–Trinajstić information content (AvgIpc) is 2.20. The molecule has 1 saturated heterocycles. The summed E-state index contributed by atoms with van der Waals surface area (Å²) in [5.74, 6) is 0. The highest BCUT2D eigenvalue weighted by Gasteiger charge is 2.41. The van der Waals surface area contributed by atoms with Crippen molar-refractivity contribution in [3.8, 4) is 0 Å². The van der Waals surface area contributed by atoms with Crippen molar-refractivity contribution >= 4 is 21.7 Å². The molecule has 108 valence electrons. The summed E-state index contributed by atoms with van der Waals surface area (Å²) in [5, 5.41) is 18.3. The summed E-state index contributed by atoms with van der Waals surface area (Å²) in [6.07, 6.45) is -4.17. The fourth-order valence-corrected chi connectivity index (χ4v) is 2.56. The second-order valence-electron chi connectivity index (χ2n) is 3.52. The van der Waals surface area contributed by atoms with Gasteiger partial charge in [0, 0.05) is 6.42 Å². The fourth-order valence-electron chi connectivity index (χ4n) is 1.55. The van der Waals surface area contributed by atoms with Crippen LogP contribution in [0, 0.1) is 0 Å². The third-order valence-corrected chi connectivity index (χ3v) is 3.18. The molecule has 0 spiro atoms. The Balaban J connectivity index is 2.85. The Hall–Kier alpha value is -0.180. The van der Waals surface area contributed by atoms with Crippen molar-refractivity contribution in [1.82, 2.24) is 4.72 Å². The lowest BCUT2D eigenvalue weighted by atomic mass is 10.0. The fraction of sp³-hybridized carbons (Fsp3) is 1.00. The van der Waals surface area contributed by atoms with Crippen molar-refractivity contribution in [1.29, 1.82) is 0 Å². The summed E-state index contributed by atoms with van der Waals surface area (Å²) in [4.78, 5) is 0.